The molecule has 0 fully saturated rings. The highest BCUT2D eigenvalue weighted by atomic mass is 79.9. The normalized spacial score (nSPS) is 15.6. The van der Waals surface area contributed by atoms with Gasteiger partial charge in [0.05, 0.1) is 17.3 Å². The first-order valence-corrected chi connectivity index (χ1v) is 8.45. The van der Waals surface area contributed by atoms with Crippen LogP contribution in [0.2, 0.25) is 0 Å². The highest BCUT2D eigenvalue weighted by molar-refractivity contribution is 9.10. The third-order valence-electron chi connectivity index (χ3n) is 4.14. The van der Waals surface area contributed by atoms with Gasteiger partial charge in [0.2, 0.25) is 0 Å². The molecule has 1 amide bonds. The Morgan fingerprint density at radius 1 is 1.31 bits per heavy atom. The number of aromatic nitrogens is 1. The molecule has 138 valence electrons. The van der Waals surface area contributed by atoms with Gasteiger partial charge in [-0.05, 0) is 47.1 Å². The summed E-state index contributed by atoms with van der Waals surface area (Å²) < 4.78 is 55.9. The van der Waals surface area contributed by atoms with Gasteiger partial charge in [0.15, 0.2) is 0 Å². The van der Waals surface area contributed by atoms with E-state index in [-0.39, 0.29) is 18.0 Å². The van der Waals surface area contributed by atoms with Gasteiger partial charge in [0.25, 0.3) is 5.91 Å². The van der Waals surface area contributed by atoms with Crippen molar-refractivity contribution in [1.82, 2.24) is 9.88 Å². The number of carbonyl (C=O) groups is 1. The number of benzene rings is 1. The third kappa shape index (κ3) is 3.82. The van der Waals surface area contributed by atoms with E-state index in [1.54, 1.807) is 19.2 Å². The minimum absolute atomic E-state index is 0.0495. The molecule has 0 saturated carbocycles. The number of carbonyl (C=O) groups excluding carboxylic acids is 1. The lowest BCUT2D eigenvalue weighted by molar-refractivity contribution is -0.274. The number of amides is 1. The van der Waals surface area contributed by atoms with Crippen molar-refractivity contribution >= 4 is 21.8 Å². The number of fused-ring (bicyclic) bond motifs is 1. The first-order chi connectivity index (χ1) is 12.2. The van der Waals surface area contributed by atoms with Crippen LogP contribution in [0.15, 0.2) is 34.9 Å². The second-order valence-electron chi connectivity index (χ2n) is 5.80. The van der Waals surface area contributed by atoms with Gasteiger partial charge in [0, 0.05) is 29.2 Å². The molecule has 2 aromatic rings. The van der Waals surface area contributed by atoms with E-state index in [9.17, 15) is 22.4 Å². The largest absolute Gasteiger partial charge is 0.573 e. The van der Waals surface area contributed by atoms with Gasteiger partial charge >= 0.3 is 6.36 Å². The van der Waals surface area contributed by atoms with Crippen LogP contribution in [0.25, 0.3) is 0 Å². The Bertz CT molecular complexity index is 857. The van der Waals surface area contributed by atoms with Crippen molar-refractivity contribution < 1.29 is 27.1 Å². The maximum absolute atomic E-state index is 14.2. The minimum atomic E-state index is -4.88. The quantitative estimate of drug-likeness (QED) is 0.663. The first kappa shape index (κ1) is 18.6. The topological polar surface area (TPSA) is 42.4 Å². The van der Waals surface area contributed by atoms with Crippen molar-refractivity contribution in [2.24, 2.45) is 0 Å². The summed E-state index contributed by atoms with van der Waals surface area (Å²) in [5.41, 5.74) is 0.975. The molecule has 3 rings (SSSR count). The van der Waals surface area contributed by atoms with Crippen LogP contribution in [0.4, 0.5) is 17.6 Å². The second-order valence-corrected chi connectivity index (χ2v) is 6.72. The lowest BCUT2D eigenvalue weighted by Crippen LogP contribution is -2.40. The van der Waals surface area contributed by atoms with Crippen LogP contribution < -0.4 is 4.74 Å². The van der Waals surface area contributed by atoms with Gasteiger partial charge in [-0.25, -0.2) is 4.39 Å². The Hall–Kier alpha value is -2.16. The van der Waals surface area contributed by atoms with E-state index in [4.69, 9.17) is 0 Å². The van der Waals surface area contributed by atoms with E-state index in [0.717, 1.165) is 18.2 Å². The fraction of sp³-hybridized carbons (Fsp3) is 0.294. The molecule has 2 heterocycles. The Balaban J connectivity index is 1.91. The molecule has 1 aliphatic heterocycles. The molecule has 1 unspecified atom stereocenters. The predicted octanol–water partition coefficient (Wildman–Crippen LogP) is 4.64. The van der Waals surface area contributed by atoms with E-state index in [0.29, 0.717) is 22.2 Å². The number of rotatable bonds is 3. The lowest BCUT2D eigenvalue weighted by Gasteiger charge is -2.33. The molecule has 1 aromatic carbocycles. The van der Waals surface area contributed by atoms with Gasteiger partial charge < -0.3 is 9.64 Å². The van der Waals surface area contributed by atoms with Gasteiger partial charge in [-0.3, -0.25) is 9.78 Å². The Morgan fingerprint density at radius 3 is 2.73 bits per heavy atom. The zero-order valence-electron chi connectivity index (χ0n) is 13.5. The predicted molar refractivity (Wildman–Crippen MR) is 88.2 cm³/mol. The van der Waals surface area contributed by atoms with Crippen molar-refractivity contribution in [2.45, 2.75) is 25.7 Å². The van der Waals surface area contributed by atoms with E-state index in [2.05, 4.69) is 25.7 Å². The van der Waals surface area contributed by atoms with Crippen molar-refractivity contribution in [2.75, 3.05) is 6.54 Å². The van der Waals surface area contributed by atoms with Crippen molar-refractivity contribution in [3.63, 3.8) is 0 Å². The van der Waals surface area contributed by atoms with Crippen LogP contribution in [0.3, 0.4) is 0 Å². The average molecular weight is 433 g/mol. The highest BCUT2D eigenvalue weighted by Gasteiger charge is 2.33. The number of nitrogens with zero attached hydrogens (tertiary/aromatic N) is 2. The molecule has 26 heavy (non-hydrogen) atoms. The first-order valence-electron chi connectivity index (χ1n) is 7.66. The molecule has 0 N–H and O–H groups in total. The van der Waals surface area contributed by atoms with Crippen LogP contribution >= 0.6 is 15.9 Å². The summed E-state index contributed by atoms with van der Waals surface area (Å²) in [6, 6.07) is 3.62. The zero-order chi connectivity index (χ0) is 19.1. The standard InChI is InChI=1S/C17H13BrF4N2O2/c1-9(12-7-11(2-3-14(12)19)26-17(20,21)22)24-5-4-15-13(16(24)25)6-10(18)8-23-15/h2-3,6-9H,4-5H2,1H3. The summed E-state index contributed by atoms with van der Waals surface area (Å²) in [6.45, 7) is 1.84. The van der Waals surface area contributed by atoms with Crippen LogP contribution in [0.5, 0.6) is 5.75 Å². The maximum atomic E-state index is 14.2. The fourth-order valence-electron chi connectivity index (χ4n) is 2.91. The Kier molecular flexibility index (Phi) is 4.92. The minimum Gasteiger partial charge on any atom is -0.406 e. The lowest BCUT2D eigenvalue weighted by atomic mass is 9.99. The molecule has 0 saturated heterocycles. The number of hydrogen-bond acceptors (Lipinski definition) is 3. The molecular formula is C17H13BrF4N2O2. The van der Waals surface area contributed by atoms with E-state index < -0.39 is 24.0 Å². The molecule has 1 atom stereocenters. The van der Waals surface area contributed by atoms with Gasteiger partial charge in [-0.1, -0.05) is 0 Å². The molecule has 0 radical (unpaired) electrons. The summed E-state index contributed by atoms with van der Waals surface area (Å²) in [6.07, 6.45) is -2.82. The van der Waals surface area contributed by atoms with E-state index in [1.165, 1.54) is 4.90 Å². The second kappa shape index (κ2) is 6.86. The zero-order valence-corrected chi connectivity index (χ0v) is 15.1. The van der Waals surface area contributed by atoms with Crippen LogP contribution in [-0.4, -0.2) is 28.7 Å². The molecule has 0 aliphatic carbocycles. The highest BCUT2D eigenvalue weighted by Crippen LogP contribution is 2.32. The number of halogens is 5. The number of pyridine rings is 1. The molecule has 4 nitrogen and oxygen atoms in total. The van der Waals surface area contributed by atoms with Crippen molar-refractivity contribution in [1.29, 1.82) is 0 Å². The number of ether oxygens (including phenoxy) is 1. The maximum Gasteiger partial charge on any atom is 0.573 e. The summed E-state index contributed by atoms with van der Waals surface area (Å²) in [5, 5.41) is 0. The van der Waals surface area contributed by atoms with E-state index in [1.807, 2.05) is 0 Å². The molecule has 0 bridgehead atoms. The number of hydrogen-bond donors (Lipinski definition) is 0. The van der Waals surface area contributed by atoms with Crippen LogP contribution in [0, 0.1) is 5.82 Å². The molecule has 0 spiro atoms. The monoisotopic (exact) mass is 432 g/mol. The SMILES string of the molecule is CC(c1cc(OC(F)(F)F)ccc1F)N1CCc2ncc(Br)cc2C1=O. The smallest absolute Gasteiger partial charge is 0.406 e. The van der Waals surface area contributed by atoms with Crippen LogP contribution in [0.1, 0.15) is 34.6 Å². The third-order valence-corrected chi connectivity index (χ3v) is 4.57. The van der Waals surface area contributed by atoms with Crippen molar-refractivity contribution in [3.05, 3.63) is 57.6 Å². The van der Waals surface area contributed by atoms with Gasteiger partial charge in [-0.15, -0.1) is 13.2 Å². The van der Waals surface area contributed by atoms with Crippen LogP contribution in [-0.2, 0) is 6.42 Å². The molecule has 1 aliphatic rings. The van der Waals surface area contributed by atoms with Gasteiger partial charge in [-0.2, -0.15) is 0 Å². The molecule has 1 aromatic heterocycles. The average Bonchev–Trinajstić information content (AvgIpc) is 2.56. The molecule has 9 heteroatoms. The summed E-state index contributed by atoms with van der Waals surface area (Å²) >= 11 is 3.25. The fourth-order valence-corrected chi connectivity index (χ4v) is 3.24. The Labute approximate surface area is 154 Å². The Morgan fingerprint density at radius 2 is 2.04 bits per heavy atom. The number of alkyl halides is 3. The van der Waals surface area contributed by atoms with Gasteiger partial charge in [0.1, 0.15) is 11.6 Å². The molecular weight excluding hydrogens is 420 g/mol. The summed E-state index contributed by atoms with van der Waals surface area (Å²) in [4.78, 5) is 18.3. The van der Waals surface area contributed by atoms with E-state index >= 15 is 0 Å². The van der Waals surface area contributed by atoms with Crippen molar-refractivity contribution in [3.8, 4) is 5.75 Å². The summed E-state index contributed by atoms with van der Waals surface area (Å²) in [5.74, 6) is -1.60. The summed E-state index contributed by atoms with van der Waals surface area (Å²) in [7, 11) is 0.